The Kier molecular flexibility index (Phi) is 4.35. The molecule has 0 bridgehead atoms. The molecule has 2 aromatic carbocycles. The Morgan fingerprint density at radius 1 is 1.00 bits per heavy atom. The summed E-state index contributed by atoms with van der Waals surface area (Å²) in [7, 11) is 1.50. The third kappa shape index (κ3) is 3.14. The van der Waals surface area contributed by atoms with Crippen LogP contribution in [0.5, 0.6) is 5.75 Å². The molecule has 126 valence electrons. The van der Waals surface area contributed by atoms with E-state index in [2.05, 4.69) is 5.32 Å². The monoisotopic (exact) mass is 336 g/mol. The second-order valence-corrected chi connectivity index (χ2v) is 5.54. The number of amides is 4. The fraction of sp³-hybridized carbons (Fsp3) is 0.105. The van der Waals surface area contributed by atoms with Gasteiger partial charge in [0.05, 0.1) is 12.8 Å². The highest BCUT2D eigenvalue weighted by atomic mass is 16.5. The summed E-state index contributed by atoms with van der Waals surface area (Å²) in [5, 5.41) is 2.20. The number of anilines is 1. The lowest BCUT2D eigenvalue weighted by molar-refractivity contribution is -0.122. The molecule has 0 aromatic heterocycles. The summed E-state index contributed by atoms with van der Waals surface area (Å²) in [6.07, 6.45) is 1.42. The van der Waals surface area contributed by atoms with Crippen molar-refractivity contribution < 1.29 is 19.1 Å². The average molecular weight is 336 g/mol. The van der Waals surface area contributed by atoms with E-state index in [9.17, 15) is 14.4 Å². The van der Waals surface area contributed by atoms with Crippen LogP contribution in [0, 0.1) is 6.92 Å². The normalized spacial score (nSPS) is 16.2. The average Bonchev–Trinajstić information content (AvgIpc) is 2.60. The van der Waals surface area contributed by atoms with Gasteiger partial charge in [0, 0.05) is 5.56 Å². The minimum atomic E-state index is -0.768. The number of hydrogen-bond donors (Lipinski definition) is 1. The molecule has 0 unspecified atom stereocenters. The molecule has 2 aromatic rings. The first kappa shape index (κ1) is 16.4. The van der Waals surface area contributed by atoms with Crippen molar-refractivity contribution in [2.45, 2.75) is 6.92 Å². The smallest absolute Gasteiger partial charge is 0.335 e. The highest BCUT2D eigenvalue weighted by Crippen LogP contribution is 2.25. The van der Waals surface area contributed by atoms with Crippen LogP contribution in [0.25, 0.3) is 6.08 Å². The molecule has 1 fully saturated rings. The van der Waals surface area contributed by atoms with Crippen LogP contribution in [0.2, 0.25) is 0 Å². The second-order valence-electron chi connectivity index (χ2n) is 5.54. The first-order valence-corrected chi connectivity index (χ1v) is 7.62. The molecule has 1 heterocycles. The van der Waals surface area contributed by atoms with Gasteiger partial charge in [-0.05, 0) is 31.2 Å². The Morgan fingerprint density at radius 2 is 1.68 bits per heavy atom. The van der Waals surface area contributed by atoms with Gasteiger partial charge >= 0.3 is 6.03 Å². The first-order chi connectivity index (χ1) is 12.0. The highest BCUT2D eigenvalue weighted by Gasteiger charge is 2.36. The molecule has 0 aliphatic carbocycles. The van der Waals surface area contributed by atoms with Crippen LogP contribution in [0.15, 0.2) is 54.1 Å². The van der Waals surface area contributed by atoms with Crippen LogP contribution in [-0.2, 0) is 9.59 Å². The lowest BCUT2D eigenvalue weighted by atomic mass is 10.1. The number of nitrogens with zero attached hydrogens (tertiary/aromatic N) is 1. The van der Waals surface area contributed by atoms with Gasteiger partial charge < -0.3 is 4.74 Å². The standard InChI is InChI=1S/C19H16N2O4/c1-12-7-9-14(10-8-12)21-18(23)15(17(22)20-19(21)24)11-13-5-3-4-6-16(13)25-2/h3-11H,1-2H3,(H,20,22,24)/b15-11-. The van der Waals surface area contributed by atoms with Crippen LogP contribution < -0.4 is 15.0 Å². The number of ether oxygens (including phenoxy) is 1. The van der Waals surface area contributed by atoms with Gasteiger partial charge in [-0.1, -0.05) is 35.9 Å². The number of rotatable bonds is 3. The lowest BCUT2D eigenvalue weighted by Gasteiger charge is -2.26. The van der Waals surface area contributed by atoms with Crippen LogP contribution in [-0.4, -0.2) is 25.0 Å². The van der Waals surface area contributed by atoms with Crippen LogP contribution in [0.1, 0.15) is 11.1 Å². The molecule has 0 radical (unpaired) electrons. The van der Waals surface area contributed by atoms with E-state index in [0.717, 1.165) is 10.5 Å². The second kappa shape index (κ2) is 6.60. The van der Waals surface area contributed by atoms with Gasteiger partial charge in [0.1, 0.15) is 11.3 Å². The van der Waals surface area contributed by atoms with Crippen molar-refractivity contribution in [3.05, 3.63) is 65.2 Å². The number of para-hydroxylation sites is 1. The van der Waals surface area contributed by atoms with Crippen molar-refractivity contribution in [3.63, 3.8) is 0 Å². The summed E-state index contributed by atoms with van der Waals surface area (Å²) in [6, 6.07) is 13.1. The van der Waals surface area contributed by atoms with Crippen LogP contribution in [0.4, 0.5) is 10.5 Å². The third-order valence-corrected chi connectivity index (χ3v) is 3.83. The van der Waals surface area contributed by atoms with E-state index >= 15 is 0 Å². The van der Waals surface area contributed by atoms with Gasteiger partial charge in [-0.3, -0.25) is 14.9 Å². The van der Waals surface area contributed by atoms with Gasteiger partial charge in [-0.15, -0.1) is 0 Å². The van der Waals surface area contributed by atoms with Crippen molar-refractivity contribution in [2.75, 3.05) is 12.0 Å². The molecule has 1 aliphatic heterocycles. The molecule has 6 nitrogen and oxygen atoms in total. The zero-order valence-corrected chi connectivity index (χ0v) is 13.8. The van der Waals surface area contributed by atoms with Crippen LogP contribution >= 0.6 is 0 Å². The van der Waals surface area contributed by atoms with E-state index in [-0.39, 0.29) is 5.57 Å². The largest absolute Gasteiger partial charge is 0.496 e. The van der Waals surface area contributed by atoms with E-state index in [1.165, 1.54) is 13.2 Å². The summed E-state index contributed by atoms with van der Waals surface area (Å²) < 4.78 is 5.23. The summed E-state index contributed by atoms with van der Waals surface area (Å²) >= 11 is 0. The molecule has 0 saturated carbocycles. The molecule has 25 heavy (non-hydrogen) atoms. The van der Waals surface area contributed by atoms with Crippen molar-refractivity contribution in [1.29, 1.82) is 0 Å². The maximum atomic E-state index is 12.8. The van der Waals surface area contributed by atoms with Gasteiger partial charge in [-0.2, -0.15) is 0 Å². The Bertz CT molecular complexity index is 885. The van der Waals surface area contributed by atoms with E-state index in [0.29, 0.717) is 17.0 Å². The van der Waals surface area contributed by atoms with Crippen molar-refractivity contribution in [1.82, 2.24) is 5.32 Å². The predicted octanol–water partition coefficient (Wildman–Crippen LogP) is 2.67. The van der Waals surface area contributed by atoms with E-state index in [4.69, 9.17) is 4.74 Å². The number of carbonyl (C=O) groups is 3. The molecule has 6 heteroatoms. The molecule has 0 spiro atoms. The molecule has 1 N–H and O–H groups in total. The number of aryl methyl sites for hydroxylation is 1. The molecular formula is C19H16N2O4. The quantitative estimate of drug-likeness (QED) is 0.691. The van der Waals surface area contributed by atoms with E-state index in [1.54, 1.807) is 48.5 Å². The number of carbonyl (C=O) groups excluding carboxylic acids is 3. The molecular weight excluding hydrogens is 320 g/mol. The maximum Gasteiger partial charge on any atom is 0.335 e. The van der Waals surface area contributed by atoms with E-state index < -0.39 is 17.8 Å². The Hall–Kier alpha value is -3.41. The number of nitrogens with one attached hydrogen (secondary N) is 1. The van der Waals surface area contributed by atoms with Gasteiger partial charge in [0.15, 0.2) is 0 Å². The van der Waals surface area contributed by atoms with Gasteiger partial charge in [0.25, 0.3) is 11.8 Å². The zero-order chi connectivity index (χ0) is 18.0. The molecule has 4 amide bonds. The van der Waals surface area contributed by atoms with Gasteiger partial charge in [-0.25, -0.2) is 9.69 Å². The number of methoxy groups -OCH3 is 1. The first-order valence-electron chi connectivity index (χ1n) is 7.62. The van der Waals surface area contributed by atoms with Crippen LogP contribution in [0.3, 0.4) is 0 Å². The Balaban J connectivity index is 2.03. The minimum Gasteiger partial charge on any atom is -0.496 e. The molecule has 3 rings (SSSR count). The van der Waals surface area contributed by atoms with Crippen molar-refractivity contribution in [2.24, 2.45) is 0 Å². The topological polar surface area (TPSA) is 75.7 Å². The summed E-state index contributed by atoms with van der Waals surface area (Å²) in [4.78, 5) is 38.0. The Labute approximate surface area is 144 Å². The maximum absolute atomic E-state index is 12.8. The lowest BCUT2D eigenvalue weighted by Crippen LogP contribution is -2.54. The summed E-state index contributed by atoms with van der Waals surface area (Å²) in [6.45, 7) is 1.90. The molecule has 1 aliphatic rings. The SMILES string of the molecule is COc1ccccc1/C=C1/C(=O)NC(=O)N(c2ccc(C)cc2)C1=O. The zero-order valence-electron chi connectivity index (χ0n) is 13.8. The van der Waals surface area contributed by atoms with Gasteiger partial charge in [0.2, 0.25) is 0 Å². The number of barbiturate groups is 1. The third-order valence-electron chi connectivity index (χ3n) is 3.83. The summed E-state index contributed by atoms with van der Waals surface area (Å²) in [5.41, 5.74) is 1.83. The summed E-state index contributed by atoms with van der Waals surface area (Å²) in [5.74, 6) is -0.887. The highest BCUT2D eigenvalue weighted by molar-refractivity contribution is 6.39. The number of urea groups is 1. The minimum absolute atomic E-state index is 0.135. The number of hydrogen-bond acceptors (Lipinski definition) is 4. The fourth-order valence-corrected chi connectivity index (χ4v) is 2.53. The van der Waals surface area contributed by atoms with Crippen molar-refractivity contribution >= 4 is 29.6 Å². The number of imide groups is 2. The fourth-order valence-electron chi connectivity index (χ4n) is 2.53. The number of benzene rings is 2. The Morgan fingerprint density at radius 3 is 2.36 bits per heavy atom. The molecule has 1 saturated heterocycles. The van der Waals surface area contributed by atoms with E-state index in [1.807, 2.05) is 6.92 Å². The molecule has 0 atom stereocenters. The predicted molar refractivity (Wildman–Crippen MR) is 93.2 cm³/mol. The van der Waals surface area contributed by atoms with Crippen molar-refractivity contribution in [3.8, 4) is 5.75 Å².